The molecule has 2 fully saturated rings. The molecule has 0 unspecified atom stereocenters. The number of halogens is 4. The number of amides is 1. The molecule has 4 rings (SSSR count). The van der Waals surface area contributed by atoms with Gasteiger partial charge in [-0.15, -0.1) is 0 Å². The number of ether oxygens (including phenoxy) is 1. The van der Waals surface area contributed by atoms with Crippen LogP contribution in [0.25, 0.3) is 0 Å². The molecular formula is C28H38ClF3N2O2. The van der Waals surface area contributed by atoms with Crippen LogP contribution in [0.2, 0.25) is 5.02 Å². The van der Waals surface area contributed by atoms with E-state index in [1.165, 1.54) is 5.56 Å². The minimum atomic E-state index is -1.05. The van der Waals surface area contributed by atoms with Gasteiger partial charge in [0, 0.05) is 55.5 Å². The van der Waals surface area contributed by atoms with Crippen molar-refractivity contribution in [3.8, 4) is 5.75 Å². The lowest BCUT2D eigenvalue weighted by Gasteiger charge is -2.37. The summed E-state index contributed by atoms with van der Waals surface area (Å²) >= 11 is 5.94. The van der Waals surface area contributed by atoms with E-state index in [4.69, 9.17) is 16.3 Å². The quantitative estimate of drug-likeness (QED) is 0.417. The van der Waals surface area contributed by atoms with Gasteiger partial charge in [-0.3, -0.25) is 9.69 Å². The van der Waals surface area contributed by atoms with Crippen molar-refractivity contribution in [3.05, 3.63) is 64.4 Å². The topological polar surface area (TPSA) is 32.8 Å². The minimum Gasteiger partial charge on any atom is -0.484 e. The fraction of sp³-hybridized carbons (Fsp3) is 0.536. The van der Waals surface area contributed by atoms with Crippen LogP contribution in [0.15, 0.2) is 36.4 Å². The highest BCUT2D eigenvalue weighted by Crippen LogP contribution is 2.28. The van der Waals surface area contributed by atoms with Crippen molar-refractivity contribution in [1.82, 2.24) is 9.80 Å². The van der Waals surface area contributed by atoms with E-state index in [9.17, 15) is 18.0 Å². The number of hydrogen-bond acceptors (Lipinski definition) is 3. The van der Waals surface area contributed by atoms with Crippen LogP contribution in [0.3, 0.4) is 0 Å². The lowest BCUT2D eigenvalue weighted by molar-refractivity contribution is -0.139. The van der Waals surface area contributed by atoms with Gasteiger partial charge in [-0.05, 0) is 43.6 Å². The third-order valence-corrected chi connectivity index (χ3v) is 6.51. The number of carbonyl (C=O) groups is 1. The Morgan fingerprint density at radius 2 is 1.42 bits per heavy atom. The fourth-order valence-electron chi connectivity index (χ4n) is 4.45. The molecule has 0 spiro atoms. The Labute approximate surface area is 218 Å². The van der Waals surface area contributed by atoms with Gasteiger partial charge in [0.2, 0.25) is 5.91 Å². The molecule has 2 aromatic rings. The van der Waals surface area contributed by atoms with E-state index in [1.54, 1.807) is 0 Å². The van der Waals surface area contributed by atoms with Crippen LogP contribution in [0.1, 0.15) is 58.9 Å². The van der Waals surface area contributed by atoms with Crippen molar-refractivity contribution in [2.24, 2.45) is 5.92 Å². The molecule has 200 valence electrons. The van der Waals surface area contributed by atoms with E-state index >= 15 is 0 Å². The Bertz CT molecular complexity index is 919. The van der Waals surface area contributed by atoms with Crippen LogP contribution in [0.4, 0.5) is 13.2 Å². The maximum Gasteiger partial charge on any atom is 0.225 e. The Morgan fingerprint density at radius 3 is 1.94 bits per heavy atom. The summed E-state index contributed by atoms with van der Waals surface area (Å²) in [6, 6.07) is 9.04. The monoisotopic (exact) mass is 526 g/mol. The molecule has 8 heteroatoms. The van der Waals surface area contributed by atoms with Gasteiger partial charge >= 0.3 is 0 Å². The van der Waals surface area contributed by atoms with E-state index in [1.807, 2.05) is 56.9 Å². The normalized spacial score (nSPS) is 16.9. The lowest BCUT2D eigenvalue weighted by Crippen LogP contribution is -2.47. The number of rotatable bonds is 5. The molecule has 2 saturated heterocycles. The zero-order chi connectivity index (χ0) is 26.7. The molecule has 36 heavy (non-hydrogen) atoms. The summed E-state index contributed by atoms with van der Waals surface area (Å²) in [4.78, 5) is 17.1. The van der Waals surface area contributed by atoms with Crippen LogP contribution < -0.4 is 4.74 Å². The Morgan fingerprint density at radius 1 is 0.889 bits per heavy atom. The van der Waals surface area contributed by atoms with Crippen LogP contribution in [0.5, 0.6) is 5.75 Å². The molecule has 2 aromatic carbocycles. The molecule has 0 saturated carbocycles. The summed E-state index contributed by atoms with van der Waals surface area (Å²) < 4.78 is 46.2. The number of piperidine rings is 2. The summed E-state index contributed by atoms with van der Waals surface area (Å²) in [5.41, 5.74) is 1.20. The molecule has 0 aromatic heterocycles. The predicted molar refractivity (Wildman–Crippen MR) is 139 cm³/mol. The molecule has 2 aliphatic rings. The fourth-order valence-corrected chi connectivity index (χ4v) is 4.57. The summed E-state index contributed by atoms with van der Waals surface area (Å²) in [5.74, 6) is -3.48. The highest BCUT2D eigenvalue weighted by molar-refractivity contribution is 6.30. The average Bonchev–Trinajstić information content (AvgIpc) is 2.90. The largest absolute Gasteiger partial charge is 0.484 e. The number of carbonyl (C=O) groups excluding carboxylic acids is 1. The maximum atomic E-state index is 13.8. The van der Waals surface area contributed by atoms with Crippen molar-refractivity contribution in [2.45, 2.75) is 66.0 Å². The third kappa shape index (κ3) is 8.41. The van der Waals surface area contributed by atoms with Crippen molar-refractivity contribution < 1.29 is 22.7 Å². The van der Waals surface area contributed by atoms with Crippen LogP contribution in [-0.2, 0) is 11.3 Å². The molecule has 0 N–H and O–H groups in total. The molecule has 2 aliphatic heterocycles. The van der Waals surface area contributed by atoms with Gasteiger partial charge in [0.15, 0.2) is 17.4 Å². The van der Waals surface area contributed by atoms with Gasteiger partial charge in [0.25, 0.3) is 0 Å². The molecule has 1 amide bonds. The van der Waals surface area contributed by atoms with Gasteiger partial charge in [-0.1, -0.05) is 51.4 Å². The van der Waals surface area contributed by atoms with E-state index in [0.29, 0.717) is 38.1 Å². The van der Waals surface area contributed by atoms with Crippen LogP contribution >= 0.6 is 11.6 Å². The third-order valence-electron chi connectivity index (χ3n) is 6.26. The van der Waals surface area contributed by atoms with Crippen molar-refractivity contribution >= 4 is 17.5 Å². The second kappa shape index (κ2) is 15.1. The minimum absolute atomic E-state index is 0.000855. The zero-order valence-electron chi connectivity index (χ0n) is 21.7. The molecule has 0 radical (unpaired) electrons. The summed E-state index contributed by atoms with van der Waals surface area (Å²) in [7, 11) is 0. The standard InChI is InChI=1S/C24H26ClF3N2O2.2C2H6/c25-18-3-1-16(2-4-18)15-29-9-5-17(6-10-29)24(31)30-11-7-20(8-12-30)32-23-21(27)13-19(26)14-22(23)28;2*1-2/h1-4,13-14,17,20H,5-12,15H2;2*1-2H3. The van der Waals surface area contributed by atoms with Gasteiger partial charge in [0.1, 0.15) is 11.9 Å². The molecular weight excluding hydrogens is 489 g/mol. The number of nitrogens with zero attached hydrogens (tertiary/aromatic N) is 2. The predicted octanol–water partition coefficient (Wildman–Crippen LogP) is 7.09. The van der Waals surface area contributed by atoms with Crippen LogP contribution in [-0.4, -0.2) is 48.0 Å². The van der Waals surface area contributed by atoms with Crippen molar-refractivity contribution in [1.29, 1.82) is 0 Å². The molecule has 0 aliphatic carbocycles. The first kappa shape index (κ1) is 30.0. The SMILES string of the molecule is CC.CC.O=C(C1CCN(Cc2ccc(Cl)cc2)CC1)N1CCC(Oc2c(F)cc(F)cc2F)CC1. The second-order valence-corrected chi connectivity index (χ2v) is 8.95. The van der Waals surface area contributed by atoms with E-state index in [-0.39, 0.29) is 11.8 Å². The summed E-state index contributed by atoms with van der Waals surface area (Å²) in [5, 5.41) is 0.722. The number of likely N-dealkylation sites (tertiary alicyclic amines) is 2. The molecule has 0 atom stereocenters. The maximum absolute atomic E-state index is 13.8. The van der Waals surface area contributed by atoms with Gasteiger partial charge in [0.05, 0.1) is 0 Å². The van der Waals surface area contributed by atoms with Gasteiger partial charge < -0.3 is 9.64 Å². The Kier molecular flexibility index (Phi) is 12.6. The van der Waals surface area contributed by atoms with E-state index in [0.717, 1.165) is 37.5 Å². The average molecular weight is 527 g/mol. The first-order valence-corrected chi connectivity index (χ1v) is 13.3. The number of hydrogen-bond donors (Lipinski definition) is 0. The highest BCUT2D eigenvalue weighted by Gasteiger charge is 2.32. The van der Waals surface area contributed by atoms with Gasteiger partial charge in [-0.2, -0.15) is 0 Å². The molecule has 4 nitrogen and oxygen atoms in total. The van der Waals surface area contributed by atoms with Crippen molar-refractivity contribution in [2.75, 3.05) is 26.2 Å². The molecule has 0 bridgehead atoms. The van der Waals surface area contributed by atoms with Gasteiger partial charge in [-0.25, -0.2) is 13.2 Å². The summed E-state index contributed by atoms with van der Waals surface area (Å²) in [6.45, 7) is 11.5. The molecule has 2 heterocycles. The zero-order valence-corrected chi connectivity index (χ0v) is 22.5. The Balaban J connectivity index is 0.00000109. The van der Waals surface area contributed by atoms with Crippen molar-refractivity contribution in [3.63, 3.8) is 0 Å². The first-order chi connectivity index (χ1) is 17.4. The van der Waals surface area contributed by atoms with E-state index < -0.39 is 29.3 Å². The first-order valence-electron chi connectivity index (χ1n) is 13.0. The van der Waals surface area contributed by atoms with E-state index in [2.05, 4.69) is 4.90 Å². The highest BCUT2D eigenvalue weighted by atomic mass is 35.5. The Hall–Kier alpha value is -2.25. The second-order valence-electron chi connectivity index (χ2n) is 8.52. The number of benzene rings is 2. The van der Waals surface area contributed by atoms with Crippen LogP contribution in [0, 0.1) is 23.4 Å². The summed E-state index contributed by atoms with van der Waals surface area (Å²) in [6.07, 6.45) is 2.19. The lowest BCUT2D eigenvalue weighted by atomic mass is 9.93. The smallest absolute Gasteiger partial charge is 0.225 e.